The number of urea groups is 1. The van der Waals surface area contributed by atoms with E-state index < -0.39 is 5.60 Å². The molecule has 132 valence electrons. The van der Waals surface area contributed by atoms with Gasteiger partial charge in [-0.25, -0.2) is 14.2 Å². The summed E-state index contributed by atoms with van der Waals surface area (Å²) in [6, 6.07) is 2.73. The second-order valence-corrected chi connectivity index (χ2v) is 6.98. The summed E-state index contributed by atoms with van der Waals surface area (Å²) in [5.74, 6) is -0.00655. The molecule has 2 amide bonds. The molecule has 2 N–H and O–H groups in total. The molecule has 0 bridgehead atoms. The molecule has 1 aromatic rings. The first-order chi connectivity index (χ1) is 11.5. The van der Waals surface area contributed by atoms with Gasteiger partial charge in [-0.15, -0.1) is 0 Å². The van der Waals surface area contributed by atoms with Crippen molar-refractivity contribution in [3.8, 4) is 0 Å². The fraction of sp³-hybridized carbons (Fsp3) is 0.647. The number of aliphatic hydroxyl groups is 1. The van der Waals surface area contributed by atoms with Crippen molar-refractivity contribution in [2.75, 3.05) is 31.6 Å². The third-order valence-corrected chi connectivity index (χ3v) is 4.97. The van der Waals surface area contributed by atoms with Crippen LogP contribution in [0.1, 0.15) is 32.1 Å². The largest absolute Gasteiger partial charge is 0.388 e. The number of hydrogen-bond acceptors (Lipinski definition) is 4. The van der Waals surface area contributed by atoms with Gasteiger partial charge in [0.05, 0.1) is 12.1 Å². The summed E-state index contributed by atoms with van der Waals surface area (Å²) in [5.41, 5.74) is -0.745. The van der Waals surface area contributed by atoms with Crippen molar-refractivity contribution in [1.82, 2.24) is 15.2 Å². The fourth-order valence-electron chi connectivity index (χ4n) is 3.67. The van der Waals surface area contributed by atoms with Gasteiger partial charge >= 0.3 is 6.03 Å². The molecule has 1 aliphatic carbocycles. The van der Waals surface area contributed by atoms with Gasteiger partial charge in [-0.05, 0) is 31.4 Å². The van der Waals surface area contributed by atoms with Crippen LogP contribution in [-0.2, 0) is 0 Å². The van der Waals surface area contributed by atoms with Crippen molar-refractivity contribution in [1.29, 1.82) is 0 Å². The van der Waals surface area contributed by atoms with Crippen molar-refractivity contribution in [2.24, 2.45) is 0 Å². The maximum Gasteiger partial charge on any atom is 0.317 e. The summed E-state index contributed by atoms with van der Waals surface area (Å²) in [6.07, 6.45) is 5.85. The van der Waals surface area contributed by atoms with Crippen molar-refractivity contribution in [3.63, 3.8) is 0 Å². The Labute approximate surface area is 141 Å². The maximum atomic E-state index is 13.8. The minimum atomic E-state index is -0.745. The minimum absolute atomic E-state index is 0.0421. The van der Waals surface area contributed by atoms with Crippen LogP contribution in [0.25, 0.3) is 0 Å². The van der Waals surface area contributed by atoms with E-state index in [0.717, 1.165) is 32.1 Å². The third-order valence-electron chi connectivity index (χ3n) is 4.97. The summed E-state index contributed by atoms with van der Waals surface area (Å²) in [6.45, 7) is 1.55. The number of hydrogen-bond donors (Lipinski definition) is 2. The number of likely N-dealkylation sites (N-methyl/N-ethyl adjacent to an activating group) is 1. The van der Waals surface area contributed by atoms with Crippen molar-refractivity contribution < 1.29 is 14.3 Å². The molecular weight excluding hydrogens is 311 g/mol. The molecule has 1 saturated carbocycles. The molecule has 24 heavy (non-hydrogen) atoms. The van der Waals surface area contributed by atoms with E-state index in [1.54, 1.807) is 24.2 Å². The lowest BCUT2D eigenvalue weighted by molar-refractivity contribution is 0.0245. The van der Waals surface area contributed by atoms with Crippen LogP contribution >= 0.6 is 0 Å². The van der Waals surface area contributed by atoms with E-state index in [1.165, 1.54) is 6.07 Å². The van der Waals surface area contributed by atoms with Crippen LogP contribution < -0.4 is 10.2 Å². The van der Waals surface area contributed by atoms with Gasteiger partial charge < -0.3 is 20.2 Å². The van der Waals surface area contributed by atoms with E-state index in [2.05, 4.69) is 10.3 Å². The molecule has 0 radical (unpaired) electrons. The van der Waals surface area contributed by atoms with Gasteiger partial charge in [0.15, 0.2) is 11.6 Å². The van der Waals surface area contributed by atoms with Gasteiger partial charge in [0.2, 0.25) is 0 Å². The van der Waals surface area contributed by atoms with Crippen molar-refractivity contribution >= 4 is 11.8 Å². The Bertz CT molecular complexity index is 592. The number of pyridine rings is 1. The van der Waals surface area contributed by atoms with Gasteiger partial charge in [-0.3, -0.25) is 0 Å². The summed E-state index contributed by atoms with van der Waals surface area (Å²) >= 11 is 0. The Kier molecular flexibility index (Phi) is 4.89. The lowest BCUT2D eigenvalue weighted by Crippen LogP contribution is -2.49. The monoisotopic (exact) mass is 336 g/mol. The molecule has 2 heterocycles. The van der Waals surface area contributed by atoms with Crippen LogP contribution in [0.2, 0.25) is 0 Å². The number of nitrogens with zero attached hydrogens (tertiary/aromatic N) is 3. The highest BCUT2D eigenvalue weighted by Crippen LogP contribution is 2.30. The number of carbonyl (C=O) groups excluding carboxylic acids is 1. The lowest BCUT2D eigenvalue weighted by atomic mass is 10.0. The molecule has 3 rings (SSSR count). The van der Waals surface area contributed by atoms with Crippen LogP contribution in [0.15, 0.2) is 18.3 Å². The predicted octanol–water partition coefficient (Wildman–Crippen LogP) is 1.75. The first-order valence-electron chi connectivity index (χ1n) is 8.56. The molecule has 1 aromatic heterocycles. The average molecular weight is 336 g/mol. The van der Waals surface area contributed by atoms with E-state index in [0.29, 0.717) is 25.5 Å². The van der Waals surface area contributed by atoms with Crippen LogP contribution in [0.5, 0.6) is 0 Å². The Morgan fingerprint density at radius 2 is 2.29 bits per heavy atom. The second kappa shape index (κ2) is 6.93. The SMILES string of the molecule is CN(CC1(O)CCCC1)C(=O)NC1CCN(c2ncccc2F)C1. The summed E-state index contributed by atoms with van der Waals surface area (Å²) in [4.78, 5) is 19.8. The minimum Gasteiger partial charge on any atom is -0.388 e. The predicted molar refractivity (Wildman–Crippen MR) is 89.4 cm³/mol. The molecule has 1 aliphatic heterocycles. The highest BCUT2D eigenvalue weighted by atomic mass is 19.1. The molecule has 1 saturated heterocycles. The van der Waals surface area contributed by atoms with Crippen LogP contribution in [0, 0.1) is 5.82 Å². The summed E-state index contributed by atoms with van der Waals surface area (Å²) in [7, 11) is 1.71. The zero-order chi connectivity index (χ0) is 17.2. The van der Waals surface area contributed by atoms with E-state index >= 15 is 0 Å². The second-order valence-electron chi connectivity index (χ2n) is 6.98. The number of amides is 2. The van der Waals surface area contributed by atoms with Gasteiger partial charge in [0.1, 0.15) is 0 Å². The smallest absolute Gasteiger partial charge is 0.317 e. The first kappa shape index (κ1) is 17.0. The van der Waals surface area contributed by atoms with E-state index in [1.807, 2.05) is 4.90 Å². The number of halogens is 1. The Morgan fingerprint density at radius 3 is 3.00 bits per heavy atom. The van der Waals surface area contributed by atoms with Crippen molar-refractivity contribution in [3.05, 3.63) is 24.1 Å². The molecule has 6 nitrogen and oxygen atoms in total. The number of nitrogens with one attached hydrogen (secondary N) is 1. The zero-order valence-corrected chi connectivity index (χ0v) is 14.0. The lowest BCUT2D eigenvalue weighted by Gasteiger charge is -2.29. The van der Waals surface area contributed by atoms with E-state index in [9.17, 15) is 14.3 Å². The van der Waals surface area contributed by atoms with Crippen LogP contribution in [-0.4, -0.2) is 59.3 Å². The maximum absolute atomic E-state index is 13.8. The summed E-state index contributed by atoms with van der Waals surface area (Å²) in [5, 5.41) is 13.4. The Morgan fingerprint density at radius 1 is 1.54 bits per heavy atom. The fourth-order valence-corrected chi connectivity index (χ4v) is 3.67. The van der Waals surface area contributed by atoms with Crippen LogP contribution in [0.3, 0.4) is 0 Å². The first-order valence-corrected chi connectivity index (χ1v) is 8.56. The number of carbonyl (C=O) groups is 1. The molecular formula is C17H25FN4O2. The number of anilines is 1. The molecule has 7 heteroatoms. The third kappa shape index (κ3) is 3.77. The number of aromatic nitrogens is 1. The van der Waals surface area contributed by atoms with E-state index in [-0.39, 0.29) is 17.9 Å². The Balaban J connectivity index is 1.51. The van der Waals surface area contributed by atoms with Crippen LogP contribution in [0.4, 0.5) is 15.0 Å². The van der Waals surface area contributed by atoms with E-state index in [4.69, 9.17) is 0 Å². The van der Waals surface area contributed by atoms with Crippen molar-refractivity contribution in [2.45, 2.75) is 43.7 Å². The topological polar surface area (TPSA) is 68.7 Å². The molecule has 0 aromatic carbocycles. The number of rotatable bonds is 4. The molecule has 0 spiro atoms. The van der Waals surface area contributed by atoms with Gasteiger partial charge in [-0.1, -0.05) is 12.8 Å². The molecule has 1 atom stereocenters. The van der Waals surface area contributed by atoms with Gasteiger partial charge in [0.25, 0.3) is 0 Å². The highest BCUT2D eigenvalue weighted by Gasteiger charge is 2.34. The van der Waals surface area contributed by atoms with Gasteiger partial charge in [-0.2, -0.15) is 0 Å². The molecule has 2 fully saturated rings. The summed E-state index contributed by atoms with van der Waals surface area (Å²) < 4.78 is 13.8. The molecule has 2 aliphatic rings. The Hall–Kier alpha value is -1.89. The average Bonchev–Trinajstić information content (AvgIpc) is 3.17. The van der Waals surface area contributed by atoms with Gasteiger partial charge in [0, 0.05) is 32.4 Å². The zero-order valence-electron chi connectivity index (χ0n) is 14.0. The highest BCUT2D eigenvalue weighted by molar-refractivity contribution is 5.74. The standard InChI is InChI=1S/C17H25FN4O2/c1-21(12-17(24)7-2-3-8-17)16(23)20-13-6-10-22(11-13)15-14(18)5-4-9-19-15/h4-5,9,13,24H,2-3,6-8,10-12H2,1H3,(H,20,23). The molecule has 1 unspecified atom stereocenters. The normalized spacial score (nSPS) is 22.6. The quantitative estimate of drug-likeness (QED) is 0.879.